The minimum Gasteiger partial charge on any atom is -0.255 e. The molecule has 28 heavy (non-hydrogen) atoms. The zero-order valence-corrected chi connectivity index (χ0v) is 19.1. The summed E-state index contributed by atoms with van der Waals surface area (Å²) in [6, 6.07) is 8.12. The fraction of sp³-hybridized carbons (Fsp3) is 0.444. The summed E-state index contributed by atoms with van der Waals surface area (Å²) < 4.78 is 0. The highest BCUT2D eigenvalue weighted by Gasteiger charge is 2.16. The van der Waals surface area contributed by atoms with E-state index in [2.05, 4.69) is 76.9 Å². The Hall–Kier alpha value is -2.51. The van der Waals surface area contributed by atoms with Gasteiger partial charge in [-0.1, -0.05) is 70.2 Å². The Morgan fingerprint density at radius 3 is 2.39 bits per heavy atom. The molecule has 0 N–H and O–H groups in total. The van der Waals surface area contributed by atoms with E-state index in [0.717, 1.165) is 29.3 Å². The zero-order chi connectivity index (χ0) is 21.7. The summed E-state index contributed by atoms with van der Waals surface area (Å²) in [5.41, 5.74) is 4.44. The maximum absolute atomic E-state index is 5.29. The van der Waals surface area contributed by atoms with Crippen molar-refractivity contribution in [3.63, 3.8) is 0 Å². The second kappa shape index (κ2) is 12.8. The molecule has 1 heteroatoms. The van der Waals surface area contributed by atoms with E-state index in [1.807, 2.05) is 32.0 Å². The number of terminal acetylenes is 1. The van der Waals surface area contributed by atoms with Crippen LogP contribution in [0, 0.1) is 42.4 Å². The number of aromatic nitrogens is 1. The third-order valence-electron chi connectivity index (χ3n) is 4.09. The summed E-state index contributed by atoms with van der Waals surface area (Å²) >= 11 is 0. The number of allylic oxidation sites excluding steroid dienone is 1. The Balaban J connectivity index is 0.000000478. The predicted octanol–water partition coefficient (Wildman–Crippen LogP) is 7.58. The van der Waals surface area contributed by atoms with Crippen LogP contribution in [0.3, 0.4) is 0 Å². The predicted molar refractivity (Wildman–Crippen MR) is 126 cm³/mol. The smallest absolute Gasteiger partial charge is 0.0703 e. The second-order valence-corrected chi connectivity index (χ2v) is 7.59. The summed E-state index contributed by atoms with van der Waals surface area (Å²) in [7, 11) is 0. The molecule has 0 saturated heterocycles. The van der Waals surface area contributed by atoms with Gasteiger partial charge in [-0.25, -0.2) is 0 Å². The fourth-order valence-electron chi connectivity index (χ4n) is 2.47. The van der Waals surface area contributed by atoms with E-state index < -0.39 is 0 Å². The normalized spacial score (nSPS) is 9.86. The van der Waals surface area contributed by atoms with Crippen LogP contribution >= 0.6 is 0 Å². The number of hydrogen-bond donors (Lipinski definition) is 0. The van der Waals surface area contributed by atoms with Gasteiger partial charge in [0.2, 0.25) is 0 Å². The van der Waals surface area contributed by atoms with E-state index in [-0.39, 0.29) is 5.41 Å². The van der Waals surface area contributed by atoms with Crippen molar-refractivity contribution in [1.29, 1.82) is 0 Å². The Kier molecular flexibility index (Phi) is 11.7. The molecule has 0 amide bonds. The van der Waals surface area contributed by atoms with Gasteiger partial charge in [-0.15, -0.1) is 12.3 Å². The first-order valence-corrected chi connectivity index (χ1v) is 10.2. The number of rotatable bonds is 3. The molecule has 0 bridgehead atoms. The van der Waals surface area contributed by atoms with E-state index in [9.17, 15) is 0 Å². The standard InChI is InChI=1S/C13H22.C12H9N.C2H6/c1-7-8-9-13(5,6)10-12(4)11(2)3;1-3-10-7-11-6-9(2)4-5-12(11)13-8-10;1-2/h11H,4,7,10H2,1-3,5-6H3;1,4-8H,2H3;1-2H3. The first-order valence-electron chi connectivity index (χ1n) is 10.2. The largest absolute Gasteiger partial charge is 0.255 e. The van der Waals surface area contributed by atoms with Gasteiger partial charge < -0.3 is 0 Å². The molecule has 1 aromatic heterocycles. The number of nitrogens with zero attached hydrogens (tertiary/aromatic N) is 1. The van der Waals surface area contributed by atoms with Crippen molar-refractivity contribution in [3.8, 4) is 24.2 Å². The maximum atomic E-state index is 5.29. The molecule has 0 unspecified atom stereocenters. The monoisotopic (exact) mass is 375 g/mol. The van der Waals surface area contributed by atoms with Gasteiger partial charge in [0.25, 0.3) is 0 Å². The molecule has 0 aliphatic carbocycles. The molecule has 0 spiro atoms. The van der Waals surface area contributed by atoms with Crippen molar-refractivity contribution in [1.82, 2.24) is 4.98 Å². The first kappa shape index (κ1) is 25.5. The highest BCUT2D eigenvalue weighted by molar-refractivity contribution is 5.80. The van der Waals surface area contributed by atoms with Crippen LogP contribution in [0.25, 0.3) is 10.9 Å². The number of benzene rings is 1. The molecule has 0 saturated carbocycles. The lowest BCUT2D eigenvalue weighted by molar-refractivity contribution is 0.474. The van der Waals surface area contributed by atoms with Crippen LogP contribution in [0.1, 0.15) is 72.4 Å². The quantitative estimate of drug-likeness (QED) is 0.398. The molecule has 0 radical (unpaired) electrons. The van der Waals surface area contributed by atoms with Crippen LogP contribution in [-0.2, 0) is 0 Å². The van der Waals surface area contributed by atoms with E-state index in [0.29, 0.717) is 5.92 Å². The summed E-state index contributed by atoms with van der Waals surface area (Å²) in [5, 5.41) is 1.11. The first-order chi connectivity index (χ1) is 13.2. The van der Waals surface area contributed by atoms with Crippen LogP contribution in [0.15, 0.2) is 42.6 Å². The van der Waals surface area contributed by atoms with Crippen molar-refractivity contribution < 1.29 is 0 Å². The van der Waals surface area contributed by atoms with E-state index >= 15 is 0 Å². The van der Waals surface area contributed by atoms with Gasteiger partial charge in [-0.3, -0.25) is 4.98 Å². The van der Waals surface area contributed by atoms with Gasteiger partial charge in [0.05, 0.1) is 5.52 Å². The molecule has 0 fully saturated rings. The van der Waals surface area contributed by atoms with Crippen LogP contribution in [-0.4, -0.2) is 4.98 Å². The lowest BCUT2D eigenvalue weighted by Gasteiger charge is -2.21. The van der Waals surface area contributed by atoms with Crippen LogP contribution in [0.2, 0.25) is 0 Å². The average molecular weight is 376 g/mol. The van der Waals surface area contributed by atoms with Gasteiger partial charge in [0, 0.05) is 29.0 Å². The van der Waals surface area contributed by atoms with E-state index in [1.165, 1.54) is 11.1 Å². The molecule has 0 aliphatic heterocycles. The lowest BCUT2D eigenvalue weighted by Crippen LogP contribution is -2.11. The number of aryl methyl sites for hydroxylation is 1. The Morgan fingerprint density at radius 1 is 1.21 bits per heavy atom. The minimum atomic E-state index is 0.0946. The van der Waals surface area contributed by atoms with Gasteiger partial charge in [0.1, 0.15) is 0 Å². The van der Waals surface area contributed by atoms with Crippen LogP contribution in [0.5, 0.6) is 0 Å². The number of pyridine rings is 1. The Bertz CT molecular complexity index is 851. The van der Waals surface area contributed by atoms with Gasteiger partial charge in [-0.2, -0.15) is 0 Å². The molecule has 0 aliphatic rings. The molecule has 150 valence electrons. The summed E-state index contributed by atoms with van der Waals surface area (Å²) in [6.45, 7) is 21.0. The van der Waals surface area contributed by atoms with Crippen molar-refractivity contribution in [2.24, 2.45) is 11.3 Å². The van der Waals surface area contributed by atoms with Crippen molar-refractivity contribution in [3.05, 3.63) is 53.7 Å². The summed E-state index contributed by atoms with van der Waals surface area (Å²) in [5.74, 6) is 9.57. The fourth-order valence-corrected chi connectivity index (χ4v) is 2.47. The van der Waals surface area contributed by atoms with E-state index in [4.69, 9.17) is 6.42 Å². The topological polar surface area (TPSA) is 12.9 Å². The molecule has 0 atom stereocenters. The van der Waals surface area contributed by atoms with Gasteiger partial charge in [0.15, 0.2) is 0 Å². The summed E-state index contributed by atoms with van der Waals surface area (Å²) in [6.07, 6.45) is 8.96. The highest BCUT2D eigenvalue weighted by atomic mass is 14.6. The third-order valence-corrected chi connectivity index (χ3v) is 4.09. The molecular weight excluding hydrogens is 338 g/mol. The lowest BCUT2D eigenvalue weighted by atomic mass is 9.83. The average Bonchev–Trinajstić information content (AvgIpc) is 2.67. The van der Waals surface area contributed by atoms with Crippen molar-refractivity contribution in [2.45, 2.75) is 68.2 Å². The highest BCUT2D eigenvalue weighted by Crippen LogP contribution is 2.27. The number of hydrogen-bond acceptors (Lipinski definition) is 1. The molecule has 2 rings (SSSR count). The third kappa shape index (κ3) is 9.43. The van der Waals surface area contributed by atoms with Crippen LogP contribution in [0.4, 0.5) is 0 Å². The molecular formula is C27H37N. The number of fused-ring (bicyclic) bond motifs is 1. The molecule has 1 aromatic carbocycles. The Labute approximate surface area is 173 Å². The second-order valence-electron chi connectivity index (χ2n) is 7.59. The van der Waals surface area contributed by atoms with Crippen molar-refractivity contribution >= 4 is 10.9 Å². The minimum absolute atomic E-state index is 0.0946. The molecule has 2 aromatic rings. The SMILES string of the molecule is C#Cc1cnc2ccc(C)cc2c1.C=C(CC(C)(C)C#CCC)C(C)C.CC. The maximum Gasteiger partial charge on any atom is 0.0703 e. The van der Waals surface area contributed by atoms with Gasteiger partial charge >= 0.3 is 0 Å². The van der Waals surface area contributed by atoms with Crippen molar-refractivity contribution in [2.75, 3.05) is 0 Å². The zero-order valence-electron chi connectivity index (χ0n) is 19.1. The summed E-state index contributed by atoms with van der Waals surface area (Å²) in [4.78, 5) is 4.25. The molecule has 1 nitrogen and oxygen atoms in total. The van der Waals surface area contributed by atoms with E-state index in [1.54, 1.807) is 6.20 Å². The van der Waals surface area contributed by atoms with Gasteiger partial charge in [-0.05, 0) is 51.3 Å². The Morgan fingerprint density at radius 2 is 1.86 bits per heavy atom. The van der Waals surface area contributed by atoms with Crippen LogP contribution < -0.4 is 0 Å². The molecule has 1 heterocycles.